The summed E-state index contributed by atoms with van der Waals surface area (Å²) in [6, 6.07) is 0. The fourth-order valence-corrected chi connectivity index (χ4v) is 1.78. The molecule has 0 spiro atoms. The molecule has 3 nitrogen and oxygen atoms in total. The number of hydrogen-bond donors (Lipinski definition) is 2. The van der Waals surface area contributed by atoms with Crippen molar-refractivity contribution in [1.29, 1.82) is 0 Å². The first-order chi connectivity index (χ1) is 7.06. The van der Waals surface area contributed by atoms with Gasteiger partial charge in [0.15, 0.2) is 0 Å². The highest BCUT2D eigenvalue weighted by molar-refractivity contribution is 5.32. The molecule has 0 aromatic carbocycles. The summed E-state index contributed by atoms with van der Waals surface area (Å²) in [5, 5.41) is 16.3. The van der Waals surface area contributed by atoms with Crippen molar-refractivity contribution in [2.45, 2.75) is 65.9 Å². The Morgan fingerprint density at radius 2 is 1.53 bits per heavy atom. The molecule has 1 rings (SSSR count). The maximum absolute atomic E-state index is 9.44. The van der Waals surface area contributed by atoms with Gasteiger partial charge in [-0.25, -0.2) is 0 Å². The van der Waals surface area contributed by atoms with Gasteiger partial charge in [-0.2, -0.15) is 0 Å². The minimum atomic E-state index is -0.250. The van der Waals surface area contributed by atoms with Crippen LogP contribution in [0.3, 0.4) is 0 Å². The van der Waals surface area contributed by atoms with Crippen LogP contribution in [-0.2, 0) is 4.79 Å². The van der Waals surface area contributed by atoms with Gasteiger partial charge in [-0.3, -0.25) is 4.79 Å². The fraction of sp³-hybridized carbons (Fsp3) is 0.917. The minimum Gasteiger partial charge on any atom is -0.483 e. The van der Waals surface area contributed by atoms with Gasteiger partial charge in [0.2, 0.25) is 0 Å². The molecule has 1 fully saturated rings. The maximum atomic E-state index is 9.44. The van der Waals surface area contributed by atoms with Crippen molar-refractivity contribution in [3.8, 4) is 0 Å². The van der Waals surface area contributed by atoms with Crippen LogP contribution in [0.4, 0.5) is 0 Å². The molecule has 0 bridgehead atoms. The Kier molecular flexibility index (Phi) is 11.2. The van der Waals surface area contributed by atoms with Crippen LogP contribution in [-0.4, -0.2) is 22.8 Å². The Labute approximate surface area is 93.5 Å². The molecule has 3 heteroatoms. The third-order valence-corrected chi connectivity index (χ3v) is 3.00. The van der Waals surface area contributed by atoms with E-state index < -0.39 is 0 Å². The van der Waals surface area contributed by atoms with Crippen LogP contribution in [0.15, 0.2) is 0 Å². The van der Waals surface area contributed by atoms with Crippen molar-refractivity contribution >= 4 is 6.47 Å². The first-order valence-corrected chi connectivity index (χ1v) is 5.83. The monoisotopic (exact) mass is 218 g/mol. The first kappa shape index (κ1) is 16.8. The Morgan fingerprint density at radius 3 is 1.73 bits per heavy atom. The zero-order chi connectivity index (χ0) is 12.3. The molecular formula is C12H26O3. The second-order valence-electron chi connectivity index (χ2n) is 4.00. The highest BCUT2D eigenvalue weighted by Gasteiger charge is 2.31. The number of rotatable bonds is 1. The summed E-state index contributed by atoms with van der Waals surface area (Å²) >= 11 is 0. The van der Waals surface area contributed by atoms with E-state index in [-0.39, 0.29) is 18.0 Å². The van der Waals surface area contributed by atoms with E-state index >= 15 is 0 Å². The van der Waals surface area contributed by atoms with Gasteiger partial charge in [-0.1, -0.05) is 40.0 Å². The number of aliphatic hydroxyl groups excluding tert-OH is 1. The van der Waals surface area contributed by atoms with E-state index in [1.165, 1.54) is 32.1 Å². The Morgan fingerprint density at radius 1 is 1.20 bits per heavy atom. The molecule has 92 valence electrons. The summed E-state index contributed by atoms with van der Waals surface area (Å²) in [7, 11) is 0. The van der Waals surface area contributed by atoms with Gasteiger partial charge in [-0.15, -0.1) is 0 Å². The first-order valence-electron chi connectivity index (χ1n) is 5.83. The van der Waals surface area contributed by atoms with E-state index in [1.807, 2.05) is 20.8 Å². The van der Waals surface area contributed by atoms with Crippen LogP contribution >= 0.6 is 0 Å². The maximum Gasteiger partial charge on any atom is 0.290 e. The Hall–Kier alpha value is -0.570. The van der Waals surface area contributed by atoms with Crippen LogP contribution in [0.1, 0.15) is 59.8 Å². The lowest BCUT2D eigenvalue weighted by Gasteiger charge is -2.36. The van der Waals surface area contributed by atoms with Crippen molar-refractivity contribution in [2.75, 3.05) is 0 Å². The predicted molar refractivity (Wildman–Crippen MR) is 62.9 cm³/mol. The summed E-state index contributed by atoms with van der Waals surface area (Å²) in [5.74, 6) is 0. The third-order valence-electron chi connectivity index (χ3n) is 3.00. The summed E-state index contributed by atoms with van der Waals surface area (Å²) < 4.78 is 0. The van der Waals surface area contributed by atoms with Gasteiger partial charge in [0.05, 0.1) is 6.10 Å². The molecule has 0 radical (unpaired) electrons. The average molecular weight is 218 g/mol. The molecule has 2 N–H and O–H groups in total. The molecule has 1 saturated carbocycles. The van der Waals surface area contributed by atoms with E-state index in [1.54, 1.807) is 0 Å². The predicted octanol–water partition coefficient (Wildman–Crippen LogP) is 3.06. The Bertz CT molecular complexity index is 138. The van der Waals surface area contributed by atoms with E-state index in [0.29, 0.717) is 0 Å². The summed E-state index contributed by atoms with van der Waals surface area (Å²) in [5.41, 5.74) is 0.234. The van der Waals surface area contributed by atoms with Gasteiger partial charge in [0.1, 0.15) is 0 Å². The zero-order valence-electron chi connectivity index (χ0n) is 10.5. The van der Waals surface area contributed by atoms with Crippen molar-refractivity contribution in [3.05, 3.63) is 0 Å². The SMILES string of the molecule is CC.CC(O)C1(C)CCCCC1.O=CO. The molecule has 1 unspecified atom stereocenters. The fourth-order valence-electron chi connectivity index (χ4n) is 1.78. The lowest BCUT2D eigenvalue weighted by molar-refractivity contribution is -0.122. The van der Waals surface area contributed by atoms with Crippen LogP contribution in [0.25, 0.3) is 0 Å². The largest absolute Gasteiger partial charge is 0.483 e. The van der Waals surface area contributed by atoms with Crippen LogP contribution in [0.5, 0.6) is 0 Å². The topological polar surface area (TPSA) is 57.5 Å². The van der Waals surface area contributed by atoms with Crippen molar-refractivity contribution in [3.63, 3.8) is 0 Å². The smallest absolute Gasteiger partial charge is 0.290 e. The number of hydrogen-bond acceptors (Lipinski definition) is 2. The van der Waals surface area contributed by atoms with Gasteiger partial charge < -0.3 is 10.2 Å². The average Bonchev–Trinajstić information content (AvgIpc) is 2.23. The lowest BCUT2D eigenvalue weighted by atomic mass is 9.72. The van der Waals surface area contributed by atoms with E-state index in [0.717, 1.165) is 0 Å². The van der Waals surface area contributed by atoms with Crippen LogP contribution in [0.2, 0.25) is 0 Å². The molecule has 0 aromatic heterocycles. The van der Waals surface area contributed by atoms with Gasteiger partial charge in [0, 0.05) is 0 Å². The van der Waals surface area contributed by atoms with E-state index in [4.69, 9.17) is 9.90 Å². The molecule has 0 aromatic rings. The lowest BCUT2D eigenvalue weighted by Crippen LogP contribution is -2.31. The molecule has 1 aliphatic rings. The number of aliphatic hydroxyl groups is 1. The normalized spacial score (nSPS) is 19.8. The highest BCUT2D eigenvalue weighted by Crippen LogP contribution is 2.38. The molecule has 1 aliphatic carbocycles. The molecule has 0 saturated heterocycles. The minimum absolute atomic E-state index is 0.118. The summed E-state index contributed by atoms with van der Waals surface area (Å²) in [4.78, 5) is 8.36. The summed E-state index contributed by atoms with van der Waals surface area (Å²) in [6.45, 7) is 7.88. The quantitative estimate of drug-likeness (QED) is 0.665. The van der Waals surface area contributed by atoms with Crippen molar-refractivity contribution < 1.29 is 15.0 Å². The van der Waals surface area contributed by atoms with Crippen LogP contribution in [0, 0.1) is 5.41 Å². The number of carbonyl (C=O) groups is 1. The second kappa shape index (κ2) is 9.97. The standard InChI is InChI=1S/C9H18O.C2H6.CH2O2/c1-8(10)9(2)6-4-3-5-7-9;1-2;2-1-3/h8,10H,3-7H2,1-2H3;1-2H3;1H,(H,2,3). The second-order valence-corrected chi connectivity index (χ2v) is 4.00. The highest BCUT2D eigenvalue weighted by atomic mass is 16.3. The number of carboxylic acid groups (broad SMARTS) is 1. The zero-order valence-corrected chi connectivity index (χ0v) is 10.5. The van der Waals surface area contributed by atoms with Gasteiger partial charge in [-0.05, 0) is 25.2 Å². The molecule has 0 amide bonds. The third kappa shape index (κ3) is 7.37. The molecule has 0 aliphatic heterocycles. The molecule has 1 atom stereocenters. The van der Waals surface area contributed by atoms with Crippen molar-refractivity contribution in [2.24, 2.45) is 5.41 Å². The Balaban J connectivity index is 0. The molecular weight excluding hydrogens is 192 g/mol. The van der Waals surface area contributed by atoms with E-state index in [2.05, 4.69) is 6.92 Å². The molecule has 15 heavy (non-hydrogen) atoms. The van der Waals surface area contributed by atoms with Gasteiger partial charge >= 0.3 is 0 Å². The summed E-state index contributed by atoms with van der Waals surface area (Å²) in [6.07, 6.45) is 6.29. The van der Waals surface area contributed by atoms with E-state index in [9.17, 15) is 5.11 Å². The molecule has 0 heterocycles. The van der Waals surface area contributed by atoms with Gasteiger partial charge in [0.25, 0.3) is 6.47 Å². The van der Waals surface area contributed by atoms with Crippen molar-refractivity contribution in [1.82, 2.24) is 0 Å². The van der Waals surface area contributed by atoms with Crippen LogP contribution < -0.4 is 0 Å².